The van der Waals surface area contributed by atoms with Crippen LogP contribution in [0.25, 0.3) is 0 Å². The highest BCUT2D eigenvalue weighted by Crippen LogP contribution is 2.32. The van der Waals surface area contributed by atoms with E-state index >= 15 is 0 Å². The maximum absolute atomic E-state index is 12.4. The van der Waals surface area contributed by atoms with Gasteiger partial charge in [0, 0.05) is 6.42 Å². The zero-order valence-corrected chi connectivity index (χ0v) is 14.3. The summed E-state index contributed by atoms with van der Waals surface area (Å²) >= 11 is 0. The van der Waals surface area contributed by atoms with E-state index in [2.05, 4.69) is 29.4 Å². The molecule has 3 rings (SSSR count). The van der Waals surface area contributed by atoms with Crippen LogP contribution in [0.3, 0.4) is 0 Å². The molecule has 2 aliphatic rings. The summed E-state index contributed by atoms with van der Waals surface area (Å²) in [7, 11) is 3.86. The molecule has 4 heteroatoms. The molecule has 0 bridgehead atoms. The minimum absolute atomic E-state index is 0.170. The van der Waals surface area contributed by atoms with E-state index in [0.29, 0.717) is 12.3 Å². The summed E-state index contributed by atoms with van der Waals surface area (Å²) in [4.78, 5) is 14.8. The Balaban J connectivity index is 1.59. The van der Waals surface area contributed by atoms with Gasteiger partial charge in [-0.05, 0) is 81.4 Å². The Hall–Kier alpha value is -1.55. The summed E-state index contributed by atoms with van der Waals surface area (Å²) in [5, 5.41) is 3.28. The zero-order chi connectivity index (χ0) is 16.2. The Bertz CT molecular complexity index is 550. The number of ether oxygens (including phenoxy) is 1. The third-order valence-corrected chi connectivity index (χ3v) is 5.31. The number of fused-ring (bicyclic) bond motifs is 1. The van der Waals surface area contributed by atoms with E-state index in [9.17, 15) is 4.79 Å². The van der Waals surface area contributed by atoms with Gasteiger partial charge in [0.15, 0.2) is 0 Å². The molecule has 1 saturated heterocycles. The van der Waals surface area contributed by atoms with Crippen LogP contribution in [0, 0.1) is 5.92 Å². The third kappa shape index (κ3) is 4.05. The van der Waals surface area contributed by atoms with Crippen molar-refractivity contribution in [2.75, 3.05) is 27.2 Å². The largest absolute Gasteiger partial charge is 0.497 e. The number of piperidine rings is 1. The summed E-state index contributed by atoms with van der Waals surface area (Å²) in [5.74, 6) is 1.67. The first-order chi connectivity index (χ1) is 11.2. The Kier molecular flexibility index (Phi) is 5.21. The molecule has 1 amide bonds. The van der Waals surface area contributed by atoms with Crippen LogP contribution in [0.15, 0.2) is 18.2 Å². The molecule has 1 aliphatic carbocycles. The summed E-state index contributed by atoms with van der Waals surface area (Å²) in [6.45, 7) is 2.23. The van der Waals surface area contributed by atoms with E-state index in [-0.39, 0.29) is 11.9 Å². The Morgan fingerprint density at radius 3 is 2.83 bits per heavy atom. The fourth-order valence-electron chi connectivity index (χ4n) is 3.85. The van der Waals surface area contributed by atoms with Crippen molar-refractivity contribution in [3.8, 4) is 5.75 Å². The van der Waals surface area contributed by atoms with Crippen LogP contribution in [-0.2, 0) is 11.2 Å². The van der Waals surface area contributed by atoms with Crippen LogP contribution in [0.5, 0.6) is 5.75 Å². The molecule has 0 spiro atoms. The van der Waals surface area contributed by atoms with Gasteiger partial charge in [0.1, 0.15) is 5.75 Å². The molecule has 0 aromatic heterocycles. The van der Waals surface area contributed by atoms with Crippen LogP contribution in [-0.4, -0.2) is 38.1 Å². The molecular formula is C19H28N2O2. The number of methoxy groups -OCH3 is 1. The average Bonchev–Trinajstić information content (AvgIpc) is 2.56. The predicted molar refractivity (Wildman–Crippen MR) is 91.7 cm³/mol. The van der Waals surface area contributed by atoms with E-state index in [1.165, 1.54) is 11.1 Å². The molecule has 126 valence electrons. The van der Waals surface area contributed by atoms with E-state index in [1.54, 1.807) is 7.11 Å². The first-order valence-corrected chi connectivity index (χ1v) is 8.80. The lowest BCUT2D eigenvalue weighted by Crippen LogP contribution is -2.35. The summed E-state index contributed by atoms with van der Waals surface area (Å²) < 4.78 is 5.31. The molecule has 1 aliphatic heterocycles. The minimum atomic E-state index is 0.170. The highest BCUT2D eigenvalue weighted by atomic mass is 16.5. The molecule has 4 nitrogen and oxygen atoms in total. The second-order valence-electron chi connectivity index (χ2n) is 7.03. The van der Waals surface area contributed by atoms with Crippen molar-refractivity contribution in [3.63, 3.8) is 0 Å². The van der Waals surface area contributed by atoms with Crippen LogP contribution >= 0.6 is 0 Å². The van der Waals surface area contributed by atoms with Gasteiger partial charge in [-0.25, -0.2) is 0 Å². The summed E-state index contributed by atoms with van der Waals surface area (Å²) in [5.41, 5.74) is 2.59. The minimum Gasteiger partial charge on any atom is -0.497 e. The maximum atomic E-state index is 12.4. The Morgan fingerprint density at radius 2 is 2.09 bits per heavy atom. The molecule has 1 atom stereocenters. The lowest BCUT2D eigenvalue weighted by atomic mass is 9.87. The van der Waals surface area contributed by atoms with Crippen molar-refractivity contribution < 1.29 is 9.53 Å². The van der Waals surface area contributed by atoms with E-state index in [1.807, 2.05) is 6.07 Å². The zero-order valence-electron chi connectivity index (χ0n) is 14.3. The monoisotopic (exact) mass is 316 g/mol. The van der Waals surface area contributed by atoms with Crippen molar-refractivity contribution >= 4 is 5.91 Å². The van der Waals surface area contributed by atoms with Gasteiger partial charge in [0.05, 0.1) is 13.2 Å². The van der Waals surface area contributed by atoms with Gasteiger partial charge in [0.25, 0.3) is 0 Å². The molecule has 23 heavy (non-hydrogen) atoms. The number of hydrogen-bond acceptors (Lipinski definition) is 3. The van der Waals surface area contributed by atoms with Crippen LogP contribution < -0.4 is 10.1 Å². The van der Waals surface area contributed by atoms with Gasteiger partial charge in [-0.2, -0.15) is 0 Å². The molecule has 0 saturated carbocycles. The van der Waals surface area contributed by atoms with Crippen molar-refractivity contribution in [2.24, 2.45) is 5.92 Å². The topological polar surface area (TPSA) is 41.6 Å². The number of carbonyl (C=O) groups excluding carboxylic acids is 1. The maximum Gasteiger partial charge on any atom is 0.220 e. The van der Waals surface area contributed by atoms with Gasteiger partial charge >= 0.3 is 0 Å². The SMILES string of the molecule is COc1ccc2c(c1)CCC[C@H]2NC(=O)CC1CCN(C)CC1. The second-order valence-corrected chi connectivity index (χ2v) is 7.03. The number of aryl methyl sites for hydroxylation is 1. The third-order valence-electron chi connectivity index (χ3n) is 5.31. The molecule has 0 unspecified atom stereocenters. The number of likely N-dealkylation sites (tertiary alicyclic amines) is 1. The van der Waals surface area contributed by atoms with Crippen molar-refractivity contribution in [1.29, 1.82) is 0 Å². The molecule has 0 radical (unpaired) electrons. The lowest BCUT2D eigenvalue weighted by Gasteiger charge is -2.30. The Morgan fingerprint density at radius 1 is 1.30 bits per heavy atom. The van der Waals surface area contributed by atoms with Gasteiger partial charge < -0.3 is 15.0 Å². The van der Waals surface area contributed by atoms with Gasteiger partial charge in [0.2, 0.25) is 5.91 Å². The van der Waals surface area contributed by atoms with Crippen LogP contribution in [0.4, 0.5) is 0 Å². The number of rotatable bonds is 4. The number of nitrogens with one attached hydrogen (secondary N) is 1. The van der Waals surface area contributed by atoms with Crippen LogP contribution in [0.1, 0.15) is 49.3 Å². The summed E-state index contributed by atoms with van der Waals surface area (Å²) in [6.07, 6.45) is 6.20. The van der Waals surface area contributed by atoms with Crippen molar-refractivity contribution in [3.05, 3.63) is 29.3 Å². The quantitative estimate of drug-likeness (QED) is 0.928. The molecule has 1 aromatic carbocycles. The van der Waals surface area contributed by atoms with E-state index < -0.39 is 0 Å². The first kappa shape index (κ1) is 16.3. The average molecular weight is 316 g/mol. The number of amides is 1. The standard InChI is InChI=1S/C19H28N2O2/c1-21-10-8-14(9-11-21)12-19(22)20-18-5-3-4-15-13-16(23-2)6-7-17(15)18/h6-7,13-14,18H,3-5,8-12H2,1-2H3,(H,20,22)/t18-/m1/s1. The molecule has 1 heterocycles. The number of nitrogens with zero attached hydrogens (tertiary/aromatic N) is 1. The van der Waals surface area contributed by atoms with Crippen LogP contribution in [0.2, 0.25) is 0 Å². The summed E-state index contributed by atoms with van der Waals surface area (Å²) in [6, 6.07) is 6.40. The van der Waals surface area contributed by atoms with E-state index in [0.717, 1.165) is 50.9 Å². The fourth-order valence-corrected chi connectivity index (χ4v) is 3.85. The Labute approximate surface area is 139 Å². The highest BCUT2D eigenvalue weighted by Gasteiger charge is 2.24. The second kappa shape index (κ2) is 7.35. The first-order valence-electron chi connectivity index (χ1n) is 8.80. The molecule has 1 fully saturated rings. The molecule has 1 aromatic rings. The molecule has 1 N–H and O–H groups in total. The van der Waals surface area contributed by atoms with Crippen molar-refractivity contribution in [2.45, 2.75) is 44.6 Å². The molecular weight excluding hydrogens is 288 g/mol. The lowest BCUT2D eigenvalue weighted by molar-refractivity contribution is -0.123. The number of carbonyl (C=O) groups is 1. The predicted octanol–water partition coefficient (Wildman–Crippen LogP) is 2.92. The van der Waals surface area contributed by atoms with Crippen molar-refractivity contribution in [1.82, 2.24) is 10.2 Å². The van der Waals surface area contributed by atoms with Gasteiger partial charge in [-0.3, -0.25) is 4.79 Å². The van der Waals surface area contributed by atoms with Gasteiger partial charge in [-0.1, -0.05) is 6.07 Å². The highest BCUT2D eigenvalue weighted by molar-refractivity contribution is 5.76. The van der Waals surface area contributed by atoms with E-state index in [4.69, 9.17) is 4.74 Å². The smallest absolute Gasteiger partial charge is 0.220 e. The fraction of sp³-hybridized carbons (Fsp3) is 0.632. The number of benzene rings is 1. The number of hydrogen-bond donors (Lipinski definition) is 1. The normalized spacial score (nSPS) is 22.4. The van der Waals surface area contributed by atoms with Gasteiger partial charge in [-0.15, -0.1) is 0 Å².